The van der Waals surface area contributed by atoms with Gasteiger partial charge in [0.25, 0.3) is 0 Å². The van der Waals surface area contributed by atoms with Gasteiger partial charge in [-0.25, -0.2) is 4.98 Å². The van der Waals surface area contributed by atoms with Gasteiger partial charge in [-0.2, -0.15) is 0 Å². The minimum atomic E-state index is -0.450. The second-order valence-electron chi connectivity index (χ2n) is 12.9. The summed E-state index contributed by atoms with van der Waals surface area (Å²) in [5.74, 6) is 0. The molecule has 3 heterocycles. The number of rotatable bonds is 1. The Morgan fingerprint density at radius 3 is 1.98 bits per heavy atom. The number of benzene rings is 7. The van der Waals surface area contributed by atoms with Crippen molar-refractivity contribution in [1.82, 2.24) is 9.38 Å². The first-order valence-electron chi connectivity index (χ1n) is 16.3. The van der Waals surface area contributed by atoms with Gasteiger partial charge in [0, 0.05) is 31.8 Å². The molecule has 9 aromatic rings. The van der Waals surface area contributed by atoms with E-state index in [0.717, 1.165) is 44.4 Å². The quantitative estimate of drug-likeness (QED) is 0.145. The molecule has 0 saturated carbocycles. The van der Waals surface area contributed by atoms with E-state index in [1.54, 1.807) is 0 Å². The summed E-state index contributed by atoms with van der Waals surface area (Å²) >= 11 is 1.87. The predicted molar refractivity (Wildman–Crippen MR) is 199 cm³/mol. The third-order valence-corrected chi connectivity index (χ3v) is 11.7. The molecule has 0 amide bonds. The van der Waals surface area contributed by atoms with Gasteiger partial charge in [0.1, 0.15) is 5.65 Å². The Morgan fingerprint density at radius 2 is 1.17 bits per heavy atom. The van der Waals surface area contributed by atoms with Crippen LogP contribution in [0.2, 0.25) is 0 Å². The van der Waals surface area contributed by atoms with Crippen LogP contribution in [0.25, 0.3) is 60.6 Å². The van der Waals surface area contributed by atoms with E-state index < -0.39 is 5.41 Å². The number of aromatic nitrogens is 2. The van der Waals surface area contributed by atoms with Crippen LogP contribution in [0.3, 0.4) is 0 Å². The van der Waals surface area contributed by atoms with Gasteiger partial charge in [-0.1, -0.05) is 115 Å². The van der Waals surface area contributed by atoms with E-state index in [2.05, 4.69) is 156 Å². The fraction of sp³-hybridized carbons (Fsp3) is 0.0227. The fourth-order valence-electron chi connectivity index (χ4n) is 8.64. The van der Waals surface area contributed by atoms with Gasteiger partial charge in [0.2, 0.25) is 0 Å². The highest BCUT2D eigenvalue weighted by Gasteiger charge is 2.50. The Hall–Kier alpha value is -5.84. The molecule has 0 radical (unpaired) electrons. The van der Waals surface area contributed by atoms with Crippen LogP contribution in [0.5, 0.6) is 0 Å². The van der Waals surface area contributed by atoms with Gasteiger partial charge in [-0.3, -0.25) is 4.40 Å². The molecule has 11 rings (SSSR count). The number of nitrogens with zero attached hydrogens (tertiary/aromatic N) is 2. The lowest BCUT2D eigenvalue weighted by atomic mass is 9.67. The molecule has 0 fully saturated rings. The maximum Gasteiger partial charge on any atom is 0.146 e. The Bertz CT molecular complexity index is 2800. The van der Waals surface area contributed by atoms with Gasteiger partial charge >= 0.3 is 0 Å². The van der Waals surface area contributed by atoms with Crippen molar-refractivity contribution in [3.8, 4) is 22.3 Å². The van der Waals surface area contributed by atoms with E-state index >= 15 is 0 Å². The molecule has 2 aliphatic rings. The molecule has 7 aromatic carbocycles. The van der Waals surface area contributed by atoms with Gasteiger partial charge in [-0.15, -0.1) is 0 Å². The molecule has 0 atom stereocenters. The third kappa shape index (κ3) is 3.23. The van der Waals surface area contributed by atoms with Crippen LogP contribution in [0.4, 0.5) is 5.69 Å². The predicted octanol–water partition coefficient (Wildman–Crippen LogP) is 10.9. The number of nitrogen functional groups attached to an aromatic ring is 1. The normalized spacial score (nSPS) is 14.0. The van der Waals surface area contributed by atoms with E-state index in [1.165, 1.54) is 53.9 Å². The monoisotopic (exact) mass is 629 g/mol. The van der Waals surface area contributed by atoms with Crippen LogP contribution in [-0.4, -0.2) is 9.38 Å². The van der Waals surface area contributed by atoms with E-state index in [4.69, 9.17) is 10.7 Å². The first-order valence-corrected chi connectivity index (χ1v) is 17.2. The first kappa shape index (κ1) is 26.3. The van der Waals surface area contributed by atoms with Gasteiger partial charge in [0.15, 0.2) is 0 Å². The number of nitrogens with two attached hydrogens (primary N) is 1. The number of hydrogen-bond acceptors (Lipinski definition) is 3. The third-order valence-electron chi connectivity index (χ3n) is 10.6. The molecule has 224 valence electrons. The van der Waals surface area contributed by atoms with Crippen LogP contribution < -0.4 is 5.73 Å². The molecule has 1 aliphatic heterocycles. The molecule has 1 aliphatic carbocycles. The van der Waals surface area contributed by atoms with Crippen LogP contribution >= 0.6 is 11.8 Å². The van der Waals surface area contributed by atoms with Gasteiger partial charge in [-0.05, 0) is 92.9 Å². The van der Waals surface area contributed by atoms with E-state index in [9.17, 15) is 0 Å². The molecule has 0 unspecified atom stereocenters. The number of fused-ring (bicyclic) bond motifs is 17. The molecule has 0 saturated heterocycles. The number of imidazole rings is 1. The average molecular weight is 630 g/mol. The van der Waals surface area contributed by atoms with Crippen molar-refractivity contribution in [1.29, 1.82) is 0 Å². The van der Waals surface area contributed by atoms with Crippen molar-refractivity contribution in [3.05, 3.63) is 174 Å². The molecule has 0 bridgehead atoms. The van der Waals surface area contributed by atoms with Crippen LogP contribution in [0, 0.1) is 0 Å². The smallest absolute Gasteiger partial charge is 0.146 e. The molecule has 48 heavy (non-hydrogen) atoms. The highest BCUT2D eigenvalue weighted by Crippen LogP contribution is 2.62. The zero-order chi connectivity index (χ0) is 31.6. The Morgan fingerprint density at radius 1 is 0.500 bits per heavy atom. The van der Waals surface area contributed by atoms with Crippen LogP contribution in [0.1, 0.15) is 22.3 Å². The minimum absolute atomic E-state index is 0.450. The van der Waals surface area contributed by atoms with Crippen molar-refractivity contribution in [3.63, 3.8) is 0 Å². The zero-order valence-electron chi connectivity index (χ0n) is 25.8. The molecular formula is C44H27N3S. The molecule has 2 N–H and O–H groups in total. The molecular weight excluding hydrogens is 603 g/mol. The lowest BCUT2D eigenvalue weighted by Gasteiger charge is -2.39. The molecule has 1 spiro atoms. The summed E-state index contributed by atoms with van der Waals surface area (Å²) in [4.78, 5) is 7.77. The summed E-state index contributed by atoms with van der Waals surface area (Å²) in [6.45, 7) is 0. The first-order chi connectivity index (χ1) is 23.7. The van der Waals surface area contributed by atoms with Crippen molar-refractivity contribution in [2.75, 3.05) is 5.73 Å². The summed E-state index contributed by atoms with van der Waals surface area (Å²) < 4.78 is 2.31. The molecule has 2 aromatic heterocycles. The summed E-state index contributed by atoms with van der Waals surface area (Å²) in [5.41, 5.74) is 21.4. The van der Waals surface area contributed by atoms with E-state index in [0.29, 0.717) is 0 Å². The van der Waals surface area contributed by atoms with Gasteiger partial charge in [0.05, 0.1) is 22.0 Å². The topological polar surface area (TPSA) is 43.3 Å². The zero-order valence-corrected chi connectivity index (χ0v) is 26.6. The van der Waals surface area contributed by atoms with Crippen LogP contribution in [0.15, 0.2) is 161 Å². The molecule has 3 nitrogen and oxygen atoms in total. The highest BCUT2D eigenvalue weighted by atomic mass is 32.2. The van der Waals surface area contributed by atoms with Crippen molar-refractivity contribution < 1.29 is 0 Å². The van der Waals surface area contributed by atoms with Crippen molar-refractivity contribution >= 4 is 55.8 Å². The van der Waals surface area contributed by atoms with Crippen molar-refractivity contribution in [2.24, 2.45) is 0 Å². The van der Waals surface area contributed by atoms with E-state index in [-0.39, 0.29) is 0 Å². The largest absolute Gasteiger partial charge is 0.398 e. The van der Waals surface area contributed by atoms with Crippen LogP contribution in [-0.2, 0) is 5.41 Å². The average Bonchev–Trinajstić information content (AvgIpc) is 3.66. The maximum atomic E-state index is 7.07. The number of hydrogen-bond donors (Lipinski definition) is 1. The number of anilines is 1. The summed E-state index contributed by atoms with van der Waals surface area (Å²) in [6.07, 6.45) is 0. The lowest BCUT2D eigenvalue weighted by molar-refractivity contribution is 0.722. The number of para-hydroxylation sites is 3. The second-order valence-corrected chi connectivity index (χ2v) is 14.0. The fourth-order valence-corrected chi connectivity index (χ4v) is 9.84. The Balaban J connectivity index is 1.24. The lowest BCUT2D eigenvalue weighted by Crippen LogP contribution is -2.32. The Labute approximate surface area is 281 Å². The highest BCUT2D eigenvalue weighted by molar-refractivity contribution is 7.99. The molecule has 4 heteroatoms. The minimum Gasteiger partial charge on any atom is -0.398 e. The van der Waals surface area contributed by atoms with E-state index in [1.807, 2.05) is 11.8 Å². The van der Waals surface area contributed by atoms with Gasteiger partial charge < -0.3 is 5.73 Å². The number of pyridine rings is 1. The van der Waals surface area contributed by atoms with Crippen molar-refractivity contribution in [2.45, 2.75) is 15.2 Å². The standard InChI is InChI=1S/C44H27N3S/c45-37-25-31-28-11-1-3-13-33(28)44(34-14-4-9-19-41(34)48-42-20-10-5-15-35(42)44)36(31)24-30(37)26-21-22-27-29-12-2-7-17-39(29)47-40-18-8-6-16-38(40)46-43(47)32(27)23-26/h1-25H,45H2. The summed E-state index contributed by atoms with van der Waals surface area (Å²) in [7, 11) is 0. The SMILES string of the molecule is Nc1cc2c(cc1-c1ccc3c4ccccc4n4c5ccccc5nc4c3c1)C1(c3ccccc3Sc3ccccc31)c1ccccc1-2. The summed E-state index contributed by atoms with van der Waals surface area (Å²) in [5, 5.41) is 3.51. The second kappa shape index (κ2) is 9.37. The summed E-state index contributed by atoms with van der Waals surface area (Å²) in [6, 6.07) is 55.2. The Kier molecular flexibility index (Phi) is 5.13. The maximum absolute atomic E-state index is 7.07.